The summed E-state index contributed by atoms with van der Waals surface area (Å²) in [4.78, 5) is 25.0. The van der Waals surface area contributed by atoms with E-state index in [1.165, 1.54) is 6.07 Å². The molecule has 2 heterocycles. The number of likely N-dealkylation sites (tertiary alicyclic amines) is 1. The Morgan fingerprint density at radius 3 is 2.59 bits per heavy atom. The monoisotopic (exact) mass is 380 g/mol. The first kappa shape index (κ1) is 19.1. The molecule has 1 aliphatic rings. The third-order valence-electron chi connectivity index (χ3n) is 4.54. The zero-order valence-corrected chi connectivity index (χ0v) is 14.4. The van der Waals surface area contributed by atoms with Crippen LogP contribution in [0.5, 0.6) is 0 Å². The highest BCUT2D eigenvalue weighted by molar-refractivity contribution is 5.92. The number of benzene rings is 1. The van der Waals surface area contributed by atoms with E-state index < -0.39 is 12.1 Å². The summed E-state index contributed by atoms with van der Waals surface area (Å²) in [5.74, 6) is -1.56. The maximum Gasteiger partial charge on any atom is 0.391 e. The molecule has 144 valence electrons. The number of anilines is 1. The summed E-state index contributed by atoms with van der Waals surface area (Å²) in [6, 6.07) is 9.89. The Kier molecular flexibility index (Phi) is 5.59. The molecule has 1 aromatic carbocycles. The number of carbonyl (C=O) groups is 1. The highest BCUT2D eigenvalue weighted by Gasteiger charge is 2.41. The van der Waals surface area contributed by atoms with E-state index in [0.29, 0.717) is 11.4 Å². The topological polar surface area (TPSA) is 78.1 Å². The highest BCUT2D eigenvalue weighted by atomic mass is 19.4. The smallest absolute Gasteiger partial charge is 0.325 e. The Balaban J connectivity index is 1.56. The Hall–Kier alpha value is -2.68. The fourth-order valence-corrected chi connectivity index (χ4v) is 3.08. The number of amides is 1. The molecule has 1 saturated heterocycles. The number of piperidine rings is 1. The van der Waals surface area contributed by atoms with Gasteiger partial charge in [0, 0.05) is 17.3 Å². The minimum Gasteiger partial charge on any atom is -0.325 e. The van der Waals surface area contributed by atoms with E-state index in [0.717, 1.165) is 5.56 Å². The molecule has 1 aliphatic heterocycles. The molecular weight excluding hydrogens is 361 g/mol. The molecule has 9 heteroatoms. The number of nitrogens with one attached hydrogen (secondary N) is 2. The second kappa shape index (κ2) is 7.91. The summed E-state index contributed by atoms with van der Waals surface area (Å²) >= 11 is 0. The number of alkyl halides is 3. The van der Waals surface area contributed by atoms with E-state index in [-0.39, 0.29) is 43.9 Å². The van der Waals surface area contributed by atoms with Crippen molar-refractivity contribution in [2.45, 2.75) is 19.0 Å². The Morgan fingerprint density at radius 1 is 1.22 bits per heavy atom. The van der Waals surface area contributed by atoms with Crippen LogP contribution < -0.4 is 10.9 Å². The lowest BCUT2D eigenvalue weighted by molar-refractivity contribution is -0.184. The average molecular weight is 380 g/mol. The van der Waals surface area contributed by atoms with Crippen LogP contribution in [0.1, 0.15) is 12.8 Å². The van der Waals surface area contributed by atoms with Gasteiger partial charge in [-0.2, -0.15) is 18.3 Å². The zero-order valence-electron chi connectivity index (χ0n) is 14.4. The van der Waals surface area contributed by atoms with Gasteiger partial charge < -0.3 is 5.32 Å². The van der Waals surface area contributed by atoms with Gasteiger partial charge in [0.25, 0.3) is 5.56 Å². The molecule has 2 N–H and O–H groups in total. The van der Waals surface area contributed by atoms with Crippen molar-refractivity contribution >= 4 is 11.6 Å². The standard InChI is InChI=1S/C18H19F3N4O2/c19-18(20,21)13-6-8-25(9-7-13)11-17(27)22-14-3-1-2-12(10-14)15-4-5-16(26)24-23-15/h1-5,10,13H,6-9,11H2,(H,22,27)(H,24,26). The predicted molar refractivity (Wildman–Crippen MR) is 94.1 cm³/mol. The summed E-state index contributed by atoms with van der Waals surface area (Å²) in [7, 11) is 0. The molecule has 3 rings (SSSR count). The molecule has 1 amide bonds. The first-order valence-corrected chi connectivity index (χ1v) is 8.56. The van der Waals surface area contributed by atoms with Crippen molar-refractivity contribution in [1.82, 2.24) is 15.1 Å². The van der Waals surface area contributed by atoms with Crippen molar-refractivity contribution in [2.75, 3.05) is 25.0 Å². The van der Waals surface area contributed by atoms with Gasteiger partial charge in [0.05, 0.1) is 18.2 Å². The van der Waals surface area contributed by atoms with Gasteiger partial charge in [0.15, 0.2) is 0 Å². The number of nitrogens with zero attached hydrogens (tertiary/aromatic N) is 2. The summed E-state index contributed by atoms with van der Waals surface area (Å²) in [6.07, 6.45) is -4.13. The number of H-pyrrole nitrogens is 1. The van der Waals surface area contributed by atoms with Crippen LogP contribution in [0.4, 0.5) is 18.9 Å². The Labute approximate surface area is 153 Å². The molecule has 6 nitrogen and oxygen atoms in total. The lowest BCUT2D eigenvalue weighted by Gasteiger charge is -2.32. The van der Waals surface area contributed by atoms with E-state index in [4.69, 9.17) is 0 Å². The van der Waals surface area contributed by atoms with Crippen LogP contribution >= 0.6 is 0 Å². The summed E-state index contributed by atoms with van der Waals surface area (Å²) in [5.41, 5.74) is 1.52. The number of carbonyl (C=O) groups excluding carboxylic acids is 1. The van der Waals surface area contributed by atoms with Gasteiger partial charge in [-0.3, -0.25) is 14.5 Å². The molecule has 0 radical (unpaired) electrons. The van der Waals surface area contributed by atoms with Crippen LogP contribution in [-0.4, -0.2) is 46.8 Å². The van der Waals surface area contributed by atoms with E-state index in [1.54, 1.807) is 35.2 Å². The van der Waals surface area contributed by atoms with Crippen LogP contribution in [0.15, 0.2) is 41.2 Å². The van der Waals surface area contributed by atoms with Crippen LogP contribution in [-0.2, 0) is 4.79 Å². The molecule has 0 unspecified atom stereocenters. The number of halogens is 3. The fraction of sp³-hybridized carbons (Fsp3) is 0.389. The van der Waals surface area contributed by atoms with Gasteiger partial charge >= 0.3 is 6.18 Å². The van der Waals surface area contributed by atoms with Crippen molar-refractivity contribution in [3.63, 3.8) is 0 Å². The molecule has 0 saturated carbocycles. The van der Waals surface area contributed by atoms with Gasteiger partial charge in [-0.05, 0) is 44.1 Å². The lowest BCUT2D eigenvalue weighted by atomic mass is 9.96. The van der Waals surface area contributed by atoms with E-state index in [9.17, 15) is 22.8 Å². The van der Waals surface area contributed by atoms with Crippen molar-refractivity contribution in [3.8, 4) is 11.3 Å². The van der Waals surface area contributed by atoms with E-state index in [1.807, 2.05) is 0 Å². The molecule has 1 aromatic heterocycles. The largest absolute Gasteiger partial charge is 0.391 e. The summed E-state index contributed by atoms with van der Waals surface area (Å²) < 4.78 is 38.1. The van der Waals surface area contributed by atoms with E-state index in [2.05, 4.69) is 15.5 Å². The van der Waals surface area contributed by atoms with Crippen molar-refractivity contribution in [1.29, 1.82) is 0 Å². The lowest BCUT2D eigenvalue weighted by Crippen LogP contribution is -2.42. The van der Waals surface area contributed by atoms with Crippen LogP contribution in [0.3, 0.4) is 0 Å². The minimum absolute atomic E-state index is 0.0180. The number of rotatable bonds is 4. The third kappa shape index (κ3) is 5.16. The van der Waals surface area contributed by atoms with Crippen LogP contribution in [0.2, 0.25) is 0 Å². The third-order valence-corrected chi connectivity index (χ3v) is 4.54. The Bertz CT molecular complexity index is 838. The van der Waals surface area contributed by atoms with Crippen LogP contribution in [0, 0.1) is 5.92 Å². The normalized spacial score (nSPS) is 16.3. The van der Waals surface area contributed by atoms with Gasteiger partial charge in [-0.25, -0.2) is 5.10 Å². The first-order valence-electron chi connectivity index (χ1n) is 8.56. The SMILES string of the molecule is O=C(CN1CCC(C(F)(F)F)CC1)Nc1cccc(-c2ccc(=O)[nH]n2)c1. The molecule has 1 fully saturated rings. The second-order valence-electron chi connectivity index (χ2n) is 6.53. The van der Waals surface area contributed by atoms with Gasteiger partial charge in [0.1, 0.15) is 0 Å². The number of aromatic nitrogens is 2. The molecule has 0 atom stereocenters. The quantitative estimate of drug-likeness (QED) is 0.855. The van der Waals surface area contributed by atoms with Crippen molar-refractivity contribution in [3.05, 3.63) is 46.8 Å². The van der Waals surface area contributed by atoms with E-state index >= 15 is 0 Å². The molecule has 0 aliphatic carbocycles. The van der Waals surface area contributed by atoms with Crippen molar-refractivity contribution in [2.24, 2.45) is 5.92 Å². The first-order chi connectivity index (χ1) is 12.8. The maximum absolute atomic E-state index is 12.7. The highest BCUT2D eigenvalue weighted by Crippen LogP contribution is 2.34. The number of aromatic amines is 1. The maximum atomic E-state index is 12.7. The van der Waals surface area contributed by atoms with Crippen molar-refractivity contribution < 1.29 is 18.0 Å². The predicted octanol–water partition coefficient (Wildman–Crippen LogP) is 2.65. The molecule has 2 aromatic rings. The molecular formula is C18H19F3N4O2. The molecule has 0 bridgehead atoms. The summed E-state index contributed by atoms with van der Waals surface area (Å²) in [5, 5.41) is 9.04. The minimum atomic E-state index is -4.16. The molecule has 0 spiro atoms. The van der Waals surface area contributed by atoms with Gasteiger partial charge in [-0.15, -0.1) is 0 Å². The summed E-state index contributed by atoms with van der Waals surface area (Å²) in [6.45, 7) is 0.545. The van der Waals surface area contributed by atoms with Crippen LogP contribution in [0.25, 0.3) is 11.3 Å². The molecule has 27 heavy (non-hydrogen) atoms. The average Bonchev–Trinajstić information content (AvgIpc) is 2.62. The second-order valence-corrected chi connectivity index (χ2v) is 6.53. The zero-order chi connectivity index (χ0) is 19.4. The van der Waals surface area contributed by atoms with Gasteiger partial charge in [-0.1, -0.05) is 12.1 Å². The number of hydrogen-bond acceptors (Lipinski definition) is 4. The Morgan fingerprint density at radius 2 is 1.96 bits per heavy atom. The van der Waals surface area contributed by atoms with Gasteiger partial charge in [0.2, 0.25) is 5.91 Å². The fourth-order valence-electron chi connectivity index (χ4n) is 3.08. The number of hydrogen-bond donors (Lipinski definition) is 2.